The molecule has 0 bridgehead atoms. The van der Waals surface area contributed by atoms with Gasteiger partial charge in [-0.15, -0.1) is 0 Å². The Labute approximate surface area is 123 Å². The summed E-state index contributed by atoms with van der Waals surface area (Å²) in [7, 11) is 1.58. The number of aliphatic carboxylic acids is 1. The number of amides is 1. The van der Waals surface area contributed by atoms with Gasteiger partial charge in [0, 0.05) is 24.7 Å². The number of carbonyl (C=O) groups is 2. The Morgan fingerprint density at radius 1 is 1.48 bits per heavy atom. The van der Waals surface area contributed by atoms with E-state index >= 15 is 0 Å². The van der Waals surface area contributed by atoms with Crippen LogP contribution in [0.4, 0.5) is 5.69 Å². The van der Waals surface area contributed by atoms with Crippen LogP contribution >= 0.6 is 0 Å². The highest BCUT2D eigenvalue weighted by Crippen LogP contribution is 2.20. The van der Waals surface area contributed by atoms with E-state index in [4.69, 9.17) is 9.84 Å². The fraction of sp³-hybridized carbons (Fsp3) is 0.467. The summed E-state index contributed by atoms with van der Waals surface area (Å²) < 4.78 is 5.10. The Morgan fingerprint density at radius 3 is 3.00 bits per heavy atom. The van der Waals surface area contributed by atoms with Gasteiger partial charge in [-0.1, -0.05) is 6.07 Å². The molecule has 1 unspecified atom stereocenters. The van der Waals surface area contributed by atoms with E-state index in [1.807, 2.05) is 17.0 Å². The van der Waals surface area contributed by atoms with Crippen LogP contribution < -0.4 is 10.1 Å². The summed E-state index contributed by atoms with van der Waals surface area (Å²) in [4.78, 5) is 24.7. The molecule has 0 spiro atoms. The molecular weight excluding hydrogens is 272 g/mol. The second-order valence-electron chi connectivity index (χ2n) is 5.27. The average molecular weight is 292 g/mol. The van der Waals surface area contributed by atoms with Crippen LogP contribution in [0.15, 0.2) is 24.3 Å². The van der Waals surface area contributed by atoms with Gasteiger partial charge in [0.25, 0.3) is 0 Å². The van der Waals surface area contributed by atoms with E-state index in [-0.39, 0.29) is 24.8 Å². The van der Waals surface area contributed by atoms with Gasteiger partial charge in [0.05, 0.1) is 13.7 Å². The summed E-state index contributed by atoms with van der Waals surface area (Å²) in [6.07, 6.45) is 1.01. The molecule has 21 heavy (non-hydrogen) atoms. The average Bonchev–Trinajstić information content (AvgIpc) is 2.85. The highest BCUT2D eigenvalue weighted by Gasteiger charge is 2.25. The lowest BCUT2D eigenvalue weighted by molar-refractivity contribution is -0.138. The van der Waals surface area contributed by atoms with Crippen molar-refractivity contribution in [2.24, 2.45) is 5.92 Å². The van der Waals surface area contributed by atoms with Gasteiger partial charge in [0.15, 0.2) is 0 Å². The molecule has 2 N–H and O–H groups in total. The number of carboxylic acid groups (broad SMARTS) is 1. The first-order valence-corrected chi connectivity index (χ1v) is 6.95. The van der Waals surface area contributed by atoms with Crippen LogP contribution in [0, 0.1) is 5.92 Å². The van der Waals surface area contributed by atoms with Crippen molar-refractivity contribution < 1.29 is 19.4 Å². The summed E-state index contributed by atoms with van der Waals surface area (Å²) in [5.74, 6) is -0.0375. The molecule has 6 heteroatoms. The lowest BCUT2D eigenvalue weighted by Gasteiger charge is -2.15. The number of nitrogens with zero attached hydrogens (tertiary/aromatic N) is 1. The molecule has 114 valence electrons. The summed E-state index contributed by atoms with van der Waals surface area (Å²) in [5, 5.41) is 11.6. The van der Waals surface area contributed by atoms with Gasteiger partial charge >= 0.3 is 5.97 Å². The molecule has 6 nitrogen and oxygen atoms in total. The molecule has 1 aromatic rings. The summed E-state index contributed by atoms with van der Waals surface area (Å²) in [5.41, 5.74) is 0.695. The molecule has 1 aliphatic heterocycles. The molecule has 2 rings (SSSR count). The van der Waals surface area contributed by atoms with Gasteiger partial charge < -0.3 is 15.2 Å². The molecule has 1 amide bonds. The smallest absolute Gasteiger partial charge is 0.303 e. The Hall–Kier alpha value is -2.08. The minimum Gasteiger partial charge on any atom is -0.497 e. The van der Waals surface area contributed by atoms with Crippen molar-refractivity contribution in [2.75, 3.05) is 32.1 Å². The molecule has 0 saturated carbocycles. The Morgan fingerprint density at radius 2 is 2.29 bits per heavy atom. The maximum atomic E-state index is 12.0. The van der Waals surface area contributed by atoms with Crippen LogP contribution in [0.2, 0.25) is 0 Å². The van der Waals surface area contributed by atoms with Crippen molar-refractivity contribution in [1.29, 1.82) is 0 Å². The van der Waals surface area contributed by atoms with Crippen LogP contribution in [0.1, 0.15) is 12.8 Å². The highest BCUT2D eigenvalue weighted by molar-refractivity contribution is 5.92. The Balaban J connectivity index is 1.81. The van der Waals surface area contributed by atoms with E-state index in [9.17, 15) is 9.59 Å². The quantitative estimate of drug-likeness (QED) is 0.829. The minimum absolute atomic E-state index is 0.0979. The van der Waals surface area contributed by atoms with Crippen molar-refractivity contribution in [3.8, 4) is 5.75 Å². The maximum Gasteiger partial charge on any atom is 0.303 e. The molecule has 1 aromatic carbocycles. The van der Waals surface area contributed by atoms with Crippen LogP contribution in [0.5, 0.6) is 5.75 Å². The van der Waals surface area contributed by atoms with Crippen molar-refractivity contribution in [1.82, 2.24) is 4.90 Å². The molecule has 0 aliphatic carbocycles. The normalized spacial score (nSPS) is 18.4. The van der Waals surface area contributed by atoms with Crippen LogP contribution in [0.25, 0.3) is 0 Å². The third kappa shape index (κ3) is 4.75. The van der Waals surface area contributed by atoms with Gasteiger partial charge in [-0.25, -0.2) is 0 Å². The number of rotatable bonds is 6. The number of carbonyl (C=O) groups excluding carboxylic acids is 1. The largest absolute Gasteiger partial charge is 0.497 e. The molecular formula is C15H20N2O4. The van der Waals surface area contributed by atoms with Crippen LogP contribution in [-0.2, 0) is 9.59 Å². The third-order valence-electron chi connectivity index (χ3n) is 3.55. The van der Waals surface area contributed by atoms with E-state index in [0.29, 0.717) is 18.0 Å². The second-order valence-corrected chi connectivity index (χ2v) is 5.27. The van der Waals surface area contributed by atoms with Crippen LogP contribution in [0.3, 0.4) is 0 Å². The predicted octanol–water partition coefficient (Wildman–Crippen LogP) is 1.43. The number of anilines is 1. The molecule has 0 radical (unpaired) electrons. The molecule has 1 heterocycles. The van der Waals surface area contributed by atoms with Crippen molar-refractivity contribution in [3.63, 3.8) is 0 Å². The Kier molecular flexibility index (Phi) is 5.16. The van der Waals surface area contributed by atoms with Crippen LogP contribution in [-0.4, -0.2) is 48.6 Å². The van der Waals surface area contributed by atoms with Gasteiger partial charge in [-0.3, -0.25) is 14.5 Å². The molecule has 1 fully saturated rings. The molecule has 0 aromatic heterocycles. The zero-order valence-corrected chi connectivity index (χ0v) is 12.0. The fourth-order valence-electron chi connectivity index (χ4n) is 2.57. The number of likely N-dealkylation sites (tertiary alicyclic amines) is 1. The first kappa shape index (κ1) is 15.3. The van der Waals surface area contributed by atoms with E-state index in [0.717, 1.165) is 13.0 Å². The number of hydrogen-bond acceptors (Lipinski definition) is 4. The van der Waals surface area contributed by atoms with Gasteiger partial charge in [-0.2, -0.15) is 0 Å². The number of carboxylic acids is 1. The van der Waals surface area contributed by atoms with Crippen molar-refractivity contribution >= 4 is 17.6 Å². The summed E-state index contributed by atoms with van der Waals surface area (Å²) in [6.45, 7) is 1.72. The first-order chi connectivity index (χ1) is 10.1. The number of benzene rings is 1. The van der Waals surface area contributed by atoms with Crippen molar-refractivity contribution in [2.45, 2.75) is 12.8 Å². The SMILES string of the molecule is COc1cccc(NC(=O)CN2CCC(CC(=O)O)C2)c1. The zero-order chi connectivity index (χ0) is 15.2. The third-order valence-corrected chi connectivity index (χ3v) is 3.55. The highest BCUT2D eigenvalue weighted by atomic mass is 16.5. The molecule has 1 atom stereocenters. The van der Waals surface area contributed by atoms with Gasteiger partial charge in [-0.05, 0) is 31.0 Å². The first-order valence-electron chi connectivity index (χ1n) is 6.95. The number of nitrogens with one attached hydrogen (secondary N) is 1. The number of hydrogen-bond donors (Lipinski definition) is 2. The minimum atomic E-state index is -0.775. The van der Waals surface area contributed by atoms with Gasteiger partial charge in [0.2, 0.25) is 5.91 Å². The van der Waals surface area contributed by atoms with Gasteiger partial charge in [0.1, 0.15) is 5.75 Å². The van der Waals surface area contributed by atoms with E-state index in [1.54, 1.807) is 19.2 Å². The summed E-state index contributed by atoms with van der Waals surface area (Å²) in [6, 6.07) is 7.19. The summed E-state index contributed by atoms with van der Waals surface area (Å²) >= 11 is 0. The van der Waals surface area contributed by atoms with E-state index in [1.165, 1.54) is 0 Å². The standard InChI is InChI=1S/C15H20N2O4/c1-21-13-4-2-3-12(8-13)16-14(18)10-17-6-5-11(9-17)7-15(19)20/h2-4,8,11H,5-7,9-10H2,1H3,(H,16,18)(H,19,20). The zero-order valence-electron chi connectivity index (χ0n) is 12.0. The van der Waals surface area contributed by atoms with E-state index < -0.39 is 5.97 Å². The lowest BCUT2D eigenvalue weighted by Crippen LogP contribution is -2.31. The van der Waals surface area contributed by atoms with Crippen molar-refractivity contribution in [3.05, 3.63) is 24.3 Å². The predicted molar refractivity (Wildman–Crippen MR) is 78.4 cm³/mol. The topological polar surface area (TPSA) is 78.9 Å². The Bertz CT molecular complexity index is 518. The number of ether oxygens (including phenoxy) is 1. The van der Waals surface area contributed by atoms with E-state index in [2.05, 4.69) is 5.32 Å². The number of methoxy groups -OCH3 is 1. The molecule has 1 saturated heterocycles. The lowest BCUT2D eigenvalue weighted by atomic mass is 10.1. The second kappa shape index (κ2) is 7.08. The monoisotopic (exact) mass is 292 g/mol. The fourth-order valence-corrected chi connectivity index (χ4v) is 2.57. The molecule has 1 aliphatic rings. The maximum absolute atomic E-state index is 12.0.